The molecule has 110 valence electrons. The lowest BCUT2D eigenvalue weighted by atomic mass is 10.0. The number of benzene rings is 1. The molecule has 1 aliphatic heterocycles. The molecule has 0 spiro atoms. The van der Waals surface area contributed by atoms with E-state index in [0.29, 0.717) is 6.42 Å². The van der Waals surface area contributed by atoms with Crippen molar-refractivity contribution in [1.29, 1.82) is 0 Å². The molecule has 0 saturated carbocycles. The third-order valence-electron chi connectivity index (χ3n) is 3.42. The third kappa shape index (κ3) is 3.94. The van der Waals surface area contributed by atoms with Crippen molar-refractivity contribution in [2.45, 2.75) is 18.9 Å². The van der Waals surface area contributed by atoms with Gasteiger partial charge in [-0.25, -0.2) is 0 Å². The molecule has 1 saturated heterocycles. The molecule has 3 N–H and O–H groups in total. The van der Waals surface area contributed by atoms with Crippen molar-refractivity contribution in [3.63, 3.8) is 0 Å². The Morgan fingerprint density at radius 2 is 2.15 bits per heavy atom. The maximum Gasteiger partial charge on any atom is 0.303 e. The minimum Gasteiger partial charge on any atom is -0.481 e. The molecule has 0 radical (unpaired) electrons. The van der Waals surface area contributed by atoms with Crippen molar-refractivity contribution in [1.82, 2.24) is 0 Å². The van der Waals surface area contributed by atoms with Crippen LogP contribution >= 0.6 is 15.9 Å². The molecular weight excluding hydrogens is 324 g/mol. The minimum absolute atomic E-state index is 0.0873. The van der Waals surface area contributed by atoms with Gasteiger partial charge in [0.15, 0.2) is 0 Å². The van der Waals surface area contributed by atoms with E-state index in [0.717, 1.165) is 42.0 Å². The highest BCUT2D eigenvalue weighted by Gasteiger charge is 2.16. The van der Waals surface area contributed by atoms with Gasteiger partial charge in [-0.1, -0.05) is 6.07 Å². The van der Waals surface area contributed by atoms with Crippen LogP contribution in [0.4, 0.5) is 5.69 Å². The van der Waals surface area contributed by atoms with Crippen molar-refractivity contribution in [2.24, 2.45) is 5.73 Å². The van der Waals surface area contributed by atoms with Crippen LogP contribution in [0.5, 0.6) is 0 Å². The van der Waals surface area contributed by atoms with E-state index < -0.39 is 5.97 Å². The van der Waals surface area contributed by atoms with Crippen LogP contribution in [0.2, 0.25) is 0 Å². The molecule has 5 nitrogen and oxygen atoms in total. The van der Waals surface area contributed by atoms with Gasteiger partial charge in [-0.05, 0) is 40.0 Å². The number of nitrogens with zero attached hydrogens (tertiary/aromatic N) is 1. The van der Waals surface area contributed by atoms with Gasteiger partial charge < -0.3 is 20.5 Å². The quantitative estimate of drug-likeness (QED) is 0.857. The minimum atomic E-state index is -0.815. The van der Waals surface area contributed by atoms with Crippen LogP contribution in [-0.2, 0) is 9.53 Å². The number of anilines is 1. The lowest BCUT2D eigenvalue weighted by molar-refractivity contribution is -0.137. The number of carbonyl (C=O) groups is 1. The highest BCUT2D eigenvalue weighted by atomic mass is 79.9. The van der Waals surface area contributed by atoms with E-state index in [1.54, 1.807) is 0 Å². The Balaban J connectivity index is 2.06. The number of hydrogen-bond acceptors (Lipinski definition) is 4. The Kier molecular flexibility index (Phi) is 5.39. The normalized spacial score (nSPS) is 17.0. The van der Waals surface area contributed by atoms with Gasteiger partial charge in [0.05, 0.1) is 18.9 Å². The second kappa shape index (κ2) is 7.06. The van der Waals surface area contributed by atoms with Crippen molar-refractivity contribution in [3.05, 3.63) is 28.2 Å². The first-order chi connectivity index (χ1) is 9.58. The molecule has 1 atom stereocenters. The second-order valence-electron chi connectivity index (χ2n) is 4.85. The molecule has 0 amide bonds. The van der Waals surface area contributed by atoms with Gasteiger partial charge in [-0.3, -0.25) is 4.79 Å². The molecule has 1 aromatic carbocycles. The number of aliphatic carboxylic acids is 1. The zero-order chi connectivity index (χ0) is 14.5. The number of carboxylic acid groups (broad SMARTS) is 1. The van der Waals surface area contributed by atoms with Crippen LogP contribution in [-0.4, -0.2) is 37.4 Å². The molecule has 2 rings (SSSR count). The van der Waals surface area contributed by atoms with E-state index in [-0.39, 0.29) is 12.5 Å². The Morgan fingerprint density at radius 1 is 1.45 bits per heavy atom. The first kappa shape index (κ1) is 15.3. The topological polar surface area (TPSA) is 75.8 Å². The fourth-order valence-electron chi connectivity index (χ4n) is 2.26. The number of carboxylic acids is 1. The lowest BCUT2D eigenvalue weighted by Gasteiger charge is -2.30. The van der Waals surface area contributed by atoms with Crippen molar-refractivity contribution in [2.75, 3.05) is 31.2 Å². The average molecular weight is 343 g/mol. The fraction of sp³-hybridized carbons (Fsp3) is 0.500. The Hall–Kier alpha value is -1.11. The number of hydrogen-bond donors (Lipinski definition) is 2. The van der Waals surface area contributed by atoms with Gasteiger partial charge in [-0.2, -0.15) is 0 Å². The first-order valence-electron chi connectivity index (χ1n) is 6.67. The summed E-state index contributed by atoms with van der Waals surface area (Å²) < 4.78 is 6.33. The first-order valence-corrected chi connectivity index (χ1v) is 7.46. The monoisotopic (exact) mass is 342 g/mol. The van der Waals surface area contributed by atoms with E-state index in [9.17, 15) is 4.79 Å². The third-order valence-corrected chi connectivity index (χ3v) is 4.06. The summed E-state index contributed by atoms with van der Waals surface area (Å²) in [5.74, 6) is -0.815. The molecule has 1 aromatic rings. The summed E-state index contributed by atoms with van der Waals surface area (Å²) >= 11 is 3.58. The van der Waals surface area contributed by atoms with E-state index in [2.05, 4.69) is 20.8 Å². The molecule has 0 bridgehead atoms. The molecule has 20 heavy (non-hydrogen) atoms. The SMILES string of the molecule is NC(CCC(=O)O)c1ccc(N2CCOCC2)c(Br)c1. The van der Waals surface area contributed by atoms with Gasteiger partial charge >= 0.3 is 5.97 Å². The molecule has 1 heterocycles. The largest absolute Gasteiger partial charge is 0.481 e. The molecule has 6 heteroatoms. The zero-order valence-corrected chi connectivity index (χ0v) is 12.8. The summed E-state index contributed by atoms with van der Waals surface area (Å²) in [6.07, 6.45) is 0.530. The zero-order valence-electron chi connectivity index (χ0n) is 11.2. The van der Waals surface area contributed by atoms with Gasteiger partial charge in [0, 0.05) is 30.0 Å². The van der Waals surface area contributed by atoms with E-state index in [1.165, 1.54) is 0 Å². The molecule has 1 fully saturated rings. The summed E-state index contributed by atoms with van der Waals surface area (Å²) in [7, 11) is 0. The van der Waals surface area contributed by atoms with E-state index >= 15 is 0 Å². The number of ether oxygens (including phenoxy) is 1. The number of halogens is 1. The van der Waals surface area contributed by atoms with Gasteiger partial charge in [0.25, 0.3) is 0 Å². The van der Waals surface area contributed by atoms with Crippen LogP contribution in [0.25, 0.3) is 0 Å². The summed E-state index contributed by atoms with van der Waals surface area (Å²) in [6, 6.07) is 5.74. The average Bonchev–Trinajstić information content (AvgIpc) is 2.45. The number of rotatable bonds is 5. The van der Waals surface area contributed by atoms with Crippen LogP contribution in [0.3, 0.4) is 0 Å². The van der Waals surface area contributed by atoms with Crippen LogP contribution in [0, 0.1) is 0 Å². The maximum absolute atomic E-state index is 10.6. The Bertz CT molecular complexity index is 475. The van der Waals surface area contributed by atoms with Crippen molar-refractivity contribution >= 4 is 27.6 Å². The van der Waals surface area contributed by atoms with Crippen LogP contribution in [0.15, 0.2) is 22.7 Å². The molecule has 0 aromatic heterocycles. The van der Waals surface area contributed by atoms with Crippen LogP contribution in [0.1, 0.15) is 24.4 Å². The smallest absolute Gasteiger partial charge is 0.303 e. The molecule has 0 aliphatic carbocycles. The van der Waals surface area contributed by atoms with Gasteiger partial charge in [-0.15, -0.1) is 0 Å². The molecule has 1 unspecified atom stereocenters. The molecule has 1 aliphatic rings. The predicted octanol–water partition coefficient (Wildman–Crippen LogP) is 2.15. The van der Waals surface area contributed by atoms with Crippen molar-refractivity contribution < 1.29 is 14.6 Å². The van der Waals surface area contributed by atoms with E-state index in [1.807, 2.05) is 18.2 Å². The lowest BCUT2D eigenvalue weighted by Crippen LogP contribution is -2.36. The standard InChI is InChI=1S/C14H19BrN2O3/c15-11-9-10(12(16)2-4-14(18)19)1-3-13(11)17-5-7-20-8-6-17/h1,3,9,12H,2,4-8,16H2,(H,18,19). The van der Waals surface area contributed by atoms with Gasteiger partial charge in [0.1, 0.15) is 0 Å². The Labute approximate surface area is 126 Å². The van der Waals surface area contributed by atoms with E-state index in [4.69, 9.17) is 15.6 Å². The highest BCUT2D eigenvalue weighted by Crippen LogP contribution is 2.30. The van der Waals surface area contributed by atoms with Crippen molar-refractivity contribution in [3.8, 4) is 0 Å². The summed E-state index contributed by atoms with van der Waals surface area (Å²) in [6.45, 7) is 3.24. The highest BCUT2D eigenvalue weighted by molar-refractivity contribution is 9.10. The summed E-state index contributed by atoms with van der Waals surface area (Å²) in [5.41, 5.74) is 8.10. The van der Waals surface area contributed by atoms with Crippen LogP contribution < -0.4 is 10.6 Å². The fourth-order valence-corrected chi connectivity index (χ4v) is 2.91. The summed E-state index contributed by atoms with van der Waals surface area (Å²) in [4.78, 5) is 12.8. The number of nitrogens with two attached hydrogens (primary N) is 1. The number of morpholine rings is 1. The second-order valence-corrected chi connectivity index (χ2v) is 5.70. The predicted molar refractivity (Wildman–Crippen MR) is 81.0 cm³/mol. The Morgan fingerprint density at radius 3 is 2.75 bits per heavy atom. The van der Waals surface area contributed by atoms with Gasteiger partial charge in [0.2, 0.25) is 0 Å². The molecular formula is C14H19BrN2O3. The maximum atomic E-state index is 10.6. The summed E-state index contributed by atoms with van der Waals surface area (Å²) in [5, 5.41) is 8.69.